The van der Waals surface area contributed by atoms with Crippen molar-refractivity contribution in [3.8, 4) is 0 Å². The van der Waals surface area contributed by atoms with Gasteiger partial charge in [0, 0.05) is 5.25 Å². The number of thioether (sulfide) groups is 1. The molecule has 15 heavy (non-hydrogen) atoms. The van der Waals surface area contributed by atoms with Crippen LogP contribution in [0, 0.1) is 5.92 Å². The van der Waals surface area contributed by atoms with Crippen molar-refractivity contribution in [2.24, 2.45) is 5.92 Å². The van der Waals surface area contributed by atoms with Crippen LogP contribution in [0.3, 0.4) is 0 Å². The lowest BCUT2D eigenvalue weighted by Gasteiger charge is -2.09. The molecule has 90 valence electrons. The van der Waals surface area contributed by atoms with Crippen LogP contribution in [0.15, 0.2) is 0 Å². The van der Waals surface area contributed by atoms with Gasteiger partial charge in [0.25, 0.3) is 0 Å². The van der Waals surface area contributed by atoms with Gasteiger partial charge in [-0.25, -0.2) is 0 Å². The minimum Gasteiger partial charge on any atom is -0.316 e. The maximum Gasteiger partial charge on any atom is 0.00470 e. The Kier molecular flexibility index (Phi) is 7.54. The van der Waals surface area contributed by atoms with E-state index in [0.717, 1.165) is 11.2 Å². The van der Waals surface area contributed by atoms with E-state index in [1.165, 1.54) is 57.4 Å². The van der Waals surface area contributed by atoms with E-state index < -0.39 is 0 Å². The molecule has 0 bridgehead atoms. The molecular formula is C13H27NS. The van der Waals surface area contributed by atoms with E-state index in [1.807, 2.05) is 0 Å². The summed E-state index contributed by atoms with van der Waals surface area (Å²) in [5, 5.41) is 4.51. The molecule has 1 aliphatic rings. The zero-order valence-electron chi connectivity index (χ0n) is 10.4. The molecule has 0 spiro atoms. The predicted molar refractivity (Wildman–Crippen MR) is 71.7 cm³/mol. The molecule has 2 heteroatoms. The van der Waals surface area contributed by atoms with Crippen LogP contribution < -0.4 is 5.32 Å². The minimum absolute atomic E-state index is 0.790. The van der Waals surface area contributed by atoms with Gasteiger partial charge in [-0.2, -0.15) is 11.8 Å². The molecule has 0 aromatic rings. The zero-order valence-corrected chi connectivity index (χ0v) is 11.2. The third-order valence-corrected chi connectivity index (χ3v) is 4.42. The van der Waals surface area contributed by atoms with Crippen LogP contribution in [-0.4, -0.2) is 24.1 Å². The molecule has 1 aliphatic carbocycles. The van der Waals surface area contributed by atoms with Crippen LogP contribution in [0.2, 0.25) is 0 Å². The lowest BCUT2D eigenvalue weighted by molar-refractivity contribution is 0.541. The molecule has 1 saturated carbocycles. The normalized spacial score (nSPS) is 17.8. The van der Waals surface area contributed by atoms with Gasteiger partial charge in [-0.1, -0.05) is 26.7 Å². The molecule has 0 heterocycles. The zero-order chi connectivity index (χ0) is 10.9. The highest BCUT2D eigenvalue weighted by Gasteiger charge is 2.14. The highest BCUT2D eigenvalue weighted by Crippen LogP contribution is 2.29. The van der Waals surface area contributed by atoms with Crippen LogP contribution in [0.4, 0.5) is 0 Å². The molecule has 0 unspecified atom stereocenters. The van der Waals surface area contributed by atoms with Crippen molar-refractivity contribution in [1.82, 2.24) is 5.32 Å². The second-order valence-corrected chi connectivity index (χ2v) is 6.49. The summed E-state index contributed by atoms with van der Waals surface area (Å²) in [7, 11) is 0. The Morgan fingerprint density at radius 2 is 1.93 bits per heavy atom. The monoisotopic (exact) mass is 229 g/mol. The number of hydrogen-bond donors (Lipinski definition) is 1. The van der Waals surface area contributed by atoms with Gasteiger partial charge in [0.2, 0.25) is 0 Å². The van der Waals surface area contributed by atoms with Gasteiger partial charge < -0.3 is 5.32 Å². The first-order valence-corrected chi connectivity index (χ1v) is 7.66. The Balaban J connectivity index is 1.76. The summed E-state index contributed by atoms with van der Waals surface area (Å²) in [6.45, 7) is 6.92. The SMILES string of the molecule is CC(C)CNCCCCSC1CCCC1. The van der Waals surface area contributed by atoms with E-state index in [2.05, 4.69) is 30.9 Å². The molecule has 1 nitrogen and oxygen atoms in total. The highest BCUT2D eigenvalue weighted by molar-refractivity contribution is 7.99. The fourth-order valence-corrected chi connectivity index (χ4v) is 3.42. The molecule has 0 aromatic heterocycles. The number of rotatable bonds is 8. The molecule has 1 rings (SSSR count). The van der Waals surface area contributed by atoms with E-state index in [0.29, 0.717) is 0 Å². The summed E-state index contributed by atoms with van der Waals surface area (Å²) in [6.07, 6.45) is 8.67. The molecule has 0 aromatic carbocycles. The average Bonchev–Trinajstić information content (AvgIpc) is 2.68. The molecule has 0 atom stereocenters. The van der Waals surface area contributed by atoms with Crippen LogP contribution in [-0.2, 0) is 0 Å². The number of hydrogen-bond acceptors (Lipinski definition) is 2. The van der Waals surface area contributed by atoms with E-state index in [4.69, 9.17) is 0 Å². The van der Waals surface area contributed by atoms with Crippen LogP contribution >= 0.6 is 11.8 Å². The van der Waals surface area contributed by atoms with Gasteiger partial charge in [0.05, 0.1) is 0 Å². The molecule has 0 aliphatic heterocycles. The van der Waals surface area contributed by atoms with Gasteiger partial charge in [-0.05, 0) is 50.4 Å². The first kappa shape index (κ1) is 13.4. The molecule has 0 amide bonds. The van der Waals surface area contributed by atoms with Crippen LogP contribution in [0.25, 0.3) is 0 Å². The largest absolute Gasteiger partial charge is 0.316 e. The summed E-state index contributed by atoms with van der Waals surface area (Å²) in [5.74, 6) is 2.17. The van der Waals surface area contributed by atoms with Crippen molar-refractivity contribution in [3.05, 3.63) is 0 Å². The van der Waals surface area contributed by atoms with Gasteiger partial charge in [-0.3, -0.25) is 0 Å². The van der Waals surface area contributed by atoms with Gasteiger partial charge in [0.15, 0.2) is 0 Å². The van der Waals surface area contributed by atoms with E-state index >= 15 is 0 Å². The predicted octanol–water partition coefficient (Wildman–Crippen LogP) is 3.69. The Hall–Kier alpha value is 0.310. The summed E-state index contributed by atoms with van der Waals surface area (Å²) >= 11 is 2.22. The fourth-order valence-electron chi connectivity index (χ4n) is 2.05. The molecule has 1 fully saturated rings. The van der Waals surface area contributed by atoms with Crippen LogP contribution in [0.1, 0.15) is 52.4 Å². The van der Waals surface area contributed by atoms with Crippen molar-refractivity contribution in [3.63, 3.8) is 0 Å². The van der Waals surface area contributed by atoms with Crippen molar-refractivity contribution in [2.45, 2.75) is 57.6 Å². The summed E-state index contributed by atoms with van der Waals surface area (Å²) in [6, 6.07) is 0. The summed E-state index contributed by atoms with van der Waals surface area (Å²) < 4.78 is 0. The maximum atomic E-state index is 3.50. The Morgan fingerprint density at radius 3 is 2.60 bits per heavy atom. The lowest BCUT2D eigenvalue weighted by Crippen LogP contribution is -2.20. The lowest BCUT2D eigenvalue weighted by atomic mass is 10.2. The average molecular weight is 229 g/mol. The Labute approximate surface area is 99.8 Å². The standard InChI is InChI=1S/C13H27NS/c1-12(2)11-14-9-5-6-10-15-13-7-3-4-8-13/h12-14H,3-11H2,1-2H3. The third kappa shape index (κ3) is 7.24. The van der Waals surface area contributed by atoms with Gasteiger partial charge >= 0.3 is 0 Å². The Bertz CT molecular complexity index is 141. The van der Waals surface area contributed by atoms with Gasteiger partial charge in [-0.15, -0.1) is 0 Å². The van der Waals surface area contributed by atoms with E-state index in [9.17, 15) is 0 Å². The third-order valence-electron chi connectivity index (χ3n) is 2.96. The van der Waals surface area contributed by atoms with E-state index in [1.54, 1.807) is 0 Å². The quantitative estimate of drug-likeness (QED) is 0.637. The second kappa shape index (κ2) is 8.46. The second-order valence-electron chi connectivity index (χ2n) is 5.08. The van der Waals surface area contributed by atoms with Crippen molar-refractivity contribution in [2.75, 3.05) is 18.8 Å². The van der Waals surface area contributed by atoms with E-state index in [-0.39, 0.29) is 0 Å². The molecular weight excluding hydrogens is 202 g/mol. The molecule has 0 saturated heterocycles. The van der Waals surface area contributed by atoms with Crippen molar-refractivity contribution in [1.29, 1.82) is 0 Å². The topological polar surface area (TPSA) is 12.0 Å². The van der Waals surface area contributed by atoms with Crippen molar-refractivity contribution >= 4 is 11.8 Å². The minimum atomic E-state index is 0.790. The summed E-state index contributed by atoms with van der Waals surface area (Å²) in [5.41, 5.74) is 0. The summed E-state index contributed by atoms with van der Waals surface area (Å²) in [4.78, 5) is 0. The first-order chi connectivity index (χ1) is 7.29. The van der Waals surface area contributed by atoms with Crippen molar-refractivity contribution < 1.29 is 0 Å². The van der Waals surface area contributed by atoms with Crippen LogP contribution in [0.5, 0.6) is 0 Å². The molecule has 0 radical (unpaired) electrons. The first-order valence-electron chi connectivity index (χ1n) is 6.61. The number of nitrogens with one attached hydrogen (secondary N) is 1. The molecule has 1 N–H and O–H groups in total. The smallest absolute Gasteiger partial charge is 0.00470 e. The highest BCUT2D eigenvalue weighted by atomic mass is 32.2. The fraction of sp³-hybridized carbons (Fsp3) is 1.00. The Morgan fingerprint density at radius 1 is 1.20 bits per heavy atom. The number of unbranched alkanes of at least 4 members (excludes halogenated alkanes) is 1. The maximum absolute atomic E-state index is 3.50. The van der Waals surface area contributed by atoms with Gasteiger partial charge in [0.1, 0.15) is 0 Å².